The lowest BCUT2D eigenvalue weighted by Crippen LogP contribution is -2.32. The summed E-state index contributed by atoms with van der Waals surface area (Å²) in [5, 5.41) is 3.73. The highest BCUT2D eigenvalue weighted by Crippen LogP contribution is 2.22. The summed E-state index contributed by atoms with van der Waals surface area (Å²) in [5.74, 6) is 0.876. The van der Waals surface area contributed by atoms with Crippen molar-refractivity contribution in [2.24, 2.45) is 5.92 Å². The van der Waals surface area contributed by atoms with Gasteiger partial charge >= 0.3 is 0 Å². The summed E-state index contributed by atoms with van der Waals surface area (Å²) in [7, 11) is 1.84. The molecule has 0 aromatic rings. The van der Waals surface area contributed by atoms with E-state index in [0.29, 0.717) is 12.1 Å². The van der Waals surface area contributed by atoms with E-state index in [2.05, 4.69) is 19.2 Å². The molecule has 2 nitrogen and oxygen atoms in total. The maximum absolute atomic E-state index is 5.40. The normalized spacial score (nSPS) is 27.2. The minimum absolute atomic E-state index is 0.508. The molecule has 0 aliphatic heterocycles. The molecule has 3 atom stereocenters. The van der Waals surface area contributed by atoms with Gasteiger partial charge in [0.1, 0.15) is 0 Å². The molecule has 0 heterocycles. The molecule has 0 bridgehead atoms. The fourth-order valence-electron chi connectivity index (χ4n) is 2.62. The van der Waals surface area contributed by atoms with Gasteiger partial charge in [0.2, 0.25) is 0 Å². The molecule has 1 aliphatic rings. The molecule has 0 aromatic heterocycles. The van der Waals surface area contributed by atoms with E-state index in [1.807, 2.05) is 7.11 Å². The first kappa shape index (κ1) is 14.0. The molecular weight excluding hydrogens is 198 g/mol. The summed E-state index contributed by atoms with van der Waals surface area (Å²) in [6, 6.07) is 0.709. The molecule has 16 heavy (non-hydrogen) atoms. The van der Waals surface area contributed by atoms with Crippen molar-refractivity contribution in [3.05, 3.63) is 0 Å². The van der Waals surface area contributed by atoms with Crippen molar-refractivity contribution in [1.29, 1.82) is 0 Å². The lowest BCUT2D eigenvalue weighted by molar-refractivity contribution is 0.107. The minimum Gasteiger partial charge on any atom is -0.381 e. The first-order valence-corrected chi connectivity index (χ1v) is 7.06. The topological polar surface area (TPSA) is 21.3 Å². The van der Waals surface area contributed by atoms with Crippen molar-refractivity contribution in [1.82, 2.24) is 5.32 Å². The summed E-state index contributed by atoms with van der Waals surface area (Å²) >= 11 is 0. The Morgan fingerprint density at radius 1 is 1.31 bits per heavy atom. The quantitative estimate of drug-likeness (QED) is 0.686. The van der Waals surface area contributed by atoms with Gasteiger partial charge in [-0.15, -0.1) is 0 Å². The second-order valence-electron chi connectivity index (χ2n) is 5.19. The molecule has 1 aliphatic carbocycles. The second-order valence-corrected chi connectivity index (χ2v) is 5.19. The van der Waals surface area contributed by atoms with Crippen molar-refractivity contribution in [2.45, 2.75) is 70.9 Å². The van der Waals surface area contributed by atoms with Crippen LogP contribution in [0, 0.1) is 5.92 Å². The van der Waals surface area contributed by atoms with Gasteiger partial charge in [-0.05, 0) is 38.1 Å². The summed E-state index contributed by atoms with van der Waals surface area (Å²) < 4.78 is 5.40. The highest BCUT2D eigenvalue weighted by molar-refractivity contribution is 4.81. The molecule has 3 unspecified atom stereocenters. The van der Waals surface area contributed by atoms with Gasteiger partial charge < -0.3 is 10.1 Å². The lowest BCUT2D eigenvalue weighted by Gasteiger charge is -2.19. The van der Waals surface area contributed by atoms with Crippen molar-refractivity contribution < 1.29 is 4.74 Å². The van der Waals surface area contributed by atoms with Crippen molar-refractivity contribution in [3.8, 4) is 0 Å². The van der Waals surface area contributed by atoms with Crippen LogP contribution in [0.3, 0.4) is 0 Å². The van der Waals surface area contributed by atoms with E-state index in [1.165, 1.54) is 51.5 Å². The van der Waals surface area contributed by atoms with Crippen LogP contribution in [0.15, 0.2) is 0 Å². The Kier molecular flexibility index (Phi) is 7.06. The Hall–Kier alpha value is -0.0800. The predicted molar refractivity (Wildman–Crippen MR) is 69.7 cm³/mol. The van der Waals surface area contributed by atoms with Crippen molar-refractivity contribution in [2.75, 3.05) is 13.7 Å². The number of ether oxygens (including phenoxy) is 1. The fourth-order valence-corrected chi connectivity index (χ4v) is 2.62. The van der Waals surface area contributed by atoms with Gasteiger partial charge in [-0.25, -0.2) is 0 Å². The maximum Gasteiger partial charge on any atom is 0.0586 e. The zero-order chi connectivity index (χ0) is 11.8. The highest BCUT2D eigenvalue weighted by Gasteiger charge is 2.24. The minimum atomic E-state index is 0.508. The van der Waals surface area contributed by atoms with E-state index in [0.717, 1.165) is 5.92 Å². The van der Waals surface area contributed by atoms with Gasteiger partial charge in [-0.2, -0.15) is 0 Å². The van der Waals surface area contributed by atoms with Gasteiger partial charge in [0.05, 0.1) is 6.10 Å². The Morgan fingerprint density at radius 2 is 2.12 bits per heavy atom. The van der Waals surface area contributed by atoms with Crippen LogP contribution in [-0.4, -0.2) is 25.8 Å². The van der Waals surface area contributed by atoms with Crippen LogP contribution in [0.1, 0.15) is 58.8 Å². The Morgan fingerprint density at radius 3 is 2.69 bits per heavy atom. The molecule has 1 N–H and O–H groups in total. The van der Waals surface area contributed by atoms with E-state index in [9.17, 15) is 0 Å². The van der Waals surface area contributed by atoms with Gasteiger partial charge in [-0.3, -0.25) is 0 Å². The molecule has 2 heteroatoms. The monoisotopic (exact) mass is 227 g/mol. The predicted octanol–water partition coefficient (Wildman–Crippen LogP) is 3.36. The van der Waals surface area contributed by atoms with Gasteiger partial charge in [0.25, 0.3) is 0 Å². The van der Waals surface area contributed by atoms with Crippen LogP contribution in [0.5, 0.6) is 0 Å². The highest BCUT2D eigenvalue weighted by atomic mass is 16.5. The van der Waals surface area contributed by atoms with Crippen LogP contribution in [0.4, 0.5) is 0 Å². The number of nitrogens with one attached hydrogen (secondary N) is 1. The Bertz CT molecular complexity index is 170. The van der Waals surface area contributed by atoms with Gasteiger partial charge in [-0.1, -0.05) is 33.1 Å². The number of rotatable bonds is 8. The largest absolute Gasteiger partial charge is 0.381 e. The summed E-state index contributed by atoms with van der Waals surface area (Å²) in [6.45, 7) is 5.80. The number of hydrogen-bond donors (Lipinski definition) is 1. The Labute approximate surface area is 101 Å². The van der Waals surface area contributed by atoms with E-state index >= 15 is 0 Å². The van der Waals surface area contributed by atoms with Crippen LogP contribution < -0.4 is 5.32 Å². The fraction of sp³-hybridized carbons (Fsp3) is 1.00. The molecule has 96 valence electrons. The summed E-state index contributed by atoms with van der Waals surface area (Å²) in [4.78, 5) is 0. The number of methoxy groups -OCH3 is 1. The molecule has 0 radical (unpaired) electrons. The molecule has 0 saturated heterocycles. The molecule has 0 amide bonds. The van der Waals surface area contributed by atoms with Gasteiger partial charge in [0.15, 0.2) is 0 Å². The van der Waals surface area contributed by atoms with E-state index < -0.39 is 0 Å². The zero-order valence-electron chi connectivity index (χ0n) is 11.3. The average molecular weight is 227 g/mol. The zero-order valence-corrected chi connectivity index (χ0v) is 11.3. The van der Waals surface area contributed by atoms with Crippen molar-refractivity contribution in [3.63, 3.8) is 0 Å². The summed E-state index contributed by atoms with van der Waals surface area (Å²) in [6.07, 6.45) is 9.65. The van der Waals surface area contributed by atoms with Crippen molar-refractivity contribution >= 4 is 0 Å². The smallest absolute Gasteiger partial charge is 0.0586 e. The first-order chi connectivity index (χ1) is 7.80. The third kappa shape index (κ3) is 4.84. The first-order valence-electron chi connectivity index (χ1n) is 7.06. The van der Waals surface area contributed by atoms with Crippen LogP contribution in [0.2, 0.25) is 0 Å². The number of unbranched alkanes of at least 4 members (excludes halogenated alkanes) is 1. The maximum atomic E-state index is 5.40. The molecule has 1 rings (SSSR count). The average Bonchev–Trinajstić information content (AvgIpc) is 2.77. The van der Waals surface area contributed by atoms with E-state index in [1.54, 1.807) is 0 Å². The molecule has 1 saturated carbocycles. The molecule has 0 aromatic carbocycles. The Balaban J connectivity index is 2.12. The lowest BCUT2D eigenvalue weighted by atomic mass is 9.99. The van der Waals surface area contributed by atoms with Gasteiger partial charge in [0, 0.05) is 13.2 Å². The second kappa shape index (κ2) is 8.08. The summed E-state index contributed by atoms with van der Waals surface area (Å²) in [5.41, 5.74) is 0. The molecular formula is C14H29NO. The number of hydrogen-bond acceptors (Lipinski definition) is 2. The standard InChI is InChI=1S/C14H29NO/c1-4-6-7-12(5-2)11-15-13-8-9-14(10-13)16-3/h12-15H,4-11H2,1-3H3. The molecule has 1 fully saturated rings. The third-order valence-corrected chi connectivity index (χ3v) is 3.96. The SMILES string of the molecule is CCCCC(CC)CNC1CCC(OC)C1. The van der Waals surface area contributed by atoms with Crippen LogP contribution in [-0.2, 0) is 4.74 Å². The van der Waals surface area contributed by atoms with E-state index in [-0.39, 0.29) is 0 Å². The van der Waals surface area contributed by atoms with Crippen LogP contribution in [0.25, 0.3) is 0 Å². The van der Waals surface area contributed by atoms with E-state index in [4.69, 9.17) is 4.74 Å². The molecule has 0 spiro atoms. The van der Waals surface area contributed by atoms with Crippen LogP contribution >= 0.6 is 0 Å². The third-order valence-electron chi connectivity index (χ3n) is 3.96.